The molecule has 0 bridgehead atoms. The molecule has 0 fully saturated rings. The van der Waals surface area contributed by atoms with Crippen molar-refractivity contribution in [2.24, 2.45) is 0 Å². The first-order chi connectivity index (χ1) is 6.68. The van der Waals surface area contributed by atoms with Gasteiger partial charge < -0.3 is 5.73 Å². The number of rotatable bonds is 1. The Hall–Kier alpha value is -1.42. The first kappa shape index (κ1) is 9.15. The van der Waals surface area contributed by atoms with Crippen LogP contribution in [0, 0.1) is 0 Å². The van der Waals surface area contributed by atoms with Gasteiger partial charge in [0, 0.05) is 39.2 Å². The quantitative estimate of drug-likeness (QED) is 0.770. The van der Waals surface area contributed by atoms with Crippen molar-refractivity contribution in [3.63, 3.8) is 0 Å². The molecular weight excluding hydrogens is 196 g/mol. The lowest BCUT2D eigenvalue weighted by Gasteiger charge is -2.02. The van der Waals surface area contributed by atoms with Gasteiger partial charge >= 0.3 is 0 Å². The third-order valence-electron chi connectivity index (χ3n) is 2.08. The van der Waals surface area contributed by atoms with Gasteiger partial charge in [0.25, 0.3) is 0 Å². The van der Waals surface area contributed by atoms with Crippen LogP contribution in [-0.4, -0.2) is 15.4 Å². The number of nitrogens with zero attached hydrogens (tertiary/aromatic N) is 1. The van der Waals surface area contributed by atoms with E-state index < -0.39 is 10.8 Å². The molecular formula is C10H10N2OS. The minimum atomic E-state index is -0.977. The third-order valence-corrected chi connectivity index (χ3v) is 3.00. The van der Waals surface area contributed by atoms with Crippen LogP contribution in [0.2, 0.25) is 0 Å². The molecule has 0 radical (unpaired) electrons. The number of nitrogen functional groups attached to an aromatic ring is 1. The van der Waals surface area contributed by atoms with Gasteiger partial charge in [-0.05, 0) is 24.3 Å². The summed E-state index contributed by atoms with van der Waals surface area (Å²) in [7, 11) is -0.977. The van der Waals surface area contributed by atoms with Gasteiger partial charge in [0.15, 0.2) is 0 Å². The van der Waals surface area contributed by atoms with Gasteiger partial charge in [-0.1, -0.05) is 0 Å². The standard InChI is InChI=1S/C10H10N2OS/c1-14(13)7-2-3-10-8(6-7)9(11)4-5-12-10/h2-6H,1H3,(H2,11,12). The highest BCUT2D eigenvalue weighted by Gasteiger charge is 2.02. The Labute approximate surface area is 84.4 Å². The van der Waals surface area contributed by atoms with Crippen molar-refractivity contribution >= 4 is 27.4 Å². The second kappa shape index (κ2) is 3.38. The fourth-order valence-corrected chi connectivity index (χ4v) is 1.87. The Morgan fingerprint density at radius 3 is 2.86 bits per heavy atom. The van der Waals surface area contributed by atoms with Gasteiger partial charge in [-0.3, -0.25) is 9.19 Å². The summed E-state index contributed by atoms with van der Waals surface area (Å²) in [5, 5.41) is 0.861. The van der Waals surface area contributed by atoms with Crippen molar-refractivity contribution in [2.45, 2.75) is 4.90 Å². The molecule has 2 N–H and O–H groups in total. The number of hydrogen-bond donors (Lipinski definition) is 1. The Morgan fingerprint density at radius 1 is 1.36 bits per heavy atom. The number of fused-ring (bicyclic) bond motifs is 1. The molecule has 1 heterocycles. The molecule has 0 spiro atoms. The van der Waals surface area contributed by atoms with E-state index in [-0.39, 0.29) is 0 Å². The number of anilines is 1. The molecule has 1 aromatic carbocycles. The van der Waals surface area contributed by atoms with Crippen LogP contribution in [0.15, 0.2) is 35.4 Å². The number of aromatic nitrogens is 1. The molecule has 2 rings (SSSR count). The number of benzene rings is 1. The summed E-state index contributed by atoms with van der Waals surface area (Å²) >= 11 is 0. The van der Waals surface area contributed by atoms with Crippen molar-refractivity contribution in [1.82, 2.24) is 4.98 Å². The summed E-state index contributed by atoms with van der Waals surface area (Å²) in [5.74, 6) is 0. The molecule has 1 atom stereocenters. The van der Waals surface area contributed by atoms with Crippen LogP contribution >= 0.6 is 0 Å². The first-order valence-corrected chi connectivity index (χ1v) is 5.72. The second-order valence-corrected chi connectivity index (χ2v) is 4.41. The highest BCUT2D eigenvalue weighted by atomic mass is 32.2. The zero-order chi connectivity index (χ0) is 10.1. The van der Waals surface area contributed by atoms with E-state index in [0.717, 1.165) is 15.8 Å². The molecule has 0 amide bonds. The molecule has 1 unspecified atom stereocenters. The number of pyridine rings is 1. The van der Waals surface area contributed by atoms with Gasteiger partial charge in [0.2, 0.25) is 0 Å². The van der Waals surface area contributed by atoms with E-state index in [4.69, 9.17) is 5.73 Å². The topological polar surface area (TPSA) is 56.0 Å². The normalized spacial score (nSPS) is 12.9. The SMILES string of the molecule is CS(=O)c1ccc2nccc(N)c2c1. The van der Waals surface area contributed by atoms with Gasteiger partial charge in [0.1, 0.15) is 0 Å². The van der Waals surface area contributed by atoms with E-state index in [9.17, 15) is 4.21 Å². The summed E-state index contributed by atoms with van der Waals surface area (Å²) in [6.45, 7) is 0. The summed E-state index contributed by atoms with van der Waals surface area (Å²) in [5.41, 5.74) is 7.29. The van der Waals surface area contributed by atoms with Crippen LogP contribution < -0.4 is 5.73 Å². The van der Waals surface area contributed by atoms with Crippen LogP contribution in [0.5, 0.6) is 0 Å². The number of nitrogens with two attached hydrogens (primary N) is 1. The highest BCUT2D eigenvalue weighted by molar-refractivity contribution is 7.84. The zero-order valence-electron chi connectivity index (χ0n) is 7.73. The monoisotopic (exact) mass is 206 g/mol. The lowest BCUT2D eigenvalue weighted by Crippen LogP contribution is -1.92. The van der Waals surface area contributed by atoms with Crippen LogP contribution in [0.25, 0.3) is 10.9 Å². The summed E-state index contributed by atoms with van der Waals surface area (Å²) in [6, 6.07) is 7.21. The van der Waals surface area contributed by atoms with Gasteiger partial charge in [-0.15, -0.1) is 0 Å². The van der Waals surface area contributed by atoms with E-state index in [1.54, 1.807) is 18.5 Å². The molecule has 2 aromatic rings. The lowest BCUT2D eigenvalue weighted by atomic mass is 10.2. The van der Waals surface area contributed by atoms with Crippen molar-refractivity contribution in [3.05, 3.63) is 30.5 Å². The molecule has 72 valence electrons. The summed E-state index contributed by atoms with van der Waals surface area (Å²) < 4.78 is 11.3. The summed E-state index contributed by atoms with van der Waals surface area (Å²) in [4.78, 5) is 4.94. The predicted molar refractivity (Wildman–Crippen MR) is 58.5 cm³/mol. The molecule has 14 heavy (non-hydrogen) atoms. The Kier molecular flexibility index (Phi) is 2.21. The van der Waals surface area contributed by atoms with Gasteiger partial charge in [-0.25, -0.2) is 0 Å². The van der Waals surface area contributed by atoms with Crippen molar-refractivity contribution in [2.75, 3.05) is 12.0 Å². The number of hydrogen-bond acceptors (Lipinski definition) is 3. The van der Waals surface area contributed by atoms with E-state index in [0.29, 0.717) is 5.69 Å². The molecule has 0 aliphatic heterocycles. The van der Waals surface area contributed by atoms with Crippen molar-refractivity contribution in [3.8, 4) is 0 Å². The maximum Gasteiger partial charge on any atom is 0.0723 e. The first-order valence-electron chi connectivity index (χ1n) is 4.16. The minimum Gasteiger partial charge on any atom is -0.398 e. The average molecular weight is 206 g/mol. The van der Waals surface area contributed by atoms with Crippen molar-refractivity contribution < 1.29 is 4.21 Å². The second-order valence-electron chi connectivity index (χ2n) is 3.03. The van der Waals surface area contributed by atoms with E-state index in [1.807, 2.05) is 18.2 Å². The van der Waals surface area contributed by atoms with Crippen LogP contribution in [-0.2, 0) is 10.8 Å². The van der Waals surface area contributed by atoms with E-state index in [1.165, 1.54) is 0 Å². The molecule has 0 aliphatic carbocycles. The molecule has 0 saturated carbocycles. The fraction of sp³-hybridized carbons (Fsp3) is 0.100. The summed E-state index contributed by atoms with van der Waals surface area (Å²) in [6.07, 6.45) is 3.31. The fourth-order valence-electron chi connectivity index (χ4n) is 1.33. The van der Waals surface area contributed by atoms with Crippen LogP contribution in [0.3, 0.4) is 0 Å². The predicted octanol–water partition coefficient (Wildman–Crippen LogP) is 1.55. The largest absolute Gasteiger partial charge is 0.398 e. The lowest BCUT2D eigenvalue weighted by molar-refractivity contribution is 0.687. The molecule has 0 aliphatic rings. The zero-order valence-corrected chi connectivity index (χ0v) is 8.54. The molecule has 0 saturated heterocycles. The molecule has 4 heteroatoms. The maximum absolute atomic E-state index is 11.3. The average Bonchev–Trinajstić information content (AvgIpc) is 2.18. The van der Waals surface area contributed by atoms with Gasteiger partial charge in [-0.2, -0.15) is 0 Å². The van der Waals surface area contributed by atoms with Crippen LogP contribution in [0.4, 0.5) is 5.69 Å². The highest BCUT2D eigenvalue weighted by Crippen LogP contribution is 2.21. The minimum absolute atomic E-state index is 0.669. The Morgan fingerprint density at radius 2 is 2.14 bits per heavy atom. The molecule has 3 nitrogen and oxygen atoms in total. The van der Waals surface area contributed by atoms with E-state index >= 15 is 0 Å². The Bertz CT molecular complexity index is 510. The van der Waals surface area contributed by atoms with Crippen molar-refractivity contribution in [1.29, 1.82) is 0 Å². The Balaban J connectivity index is 2.76. The third kappa shape index (κ3) is 1.48. The maximum atomic E-state index is 11.3. The smallest absolute Gasteiger partial charge is 0.0723 e. The molecule has 1 aromatic heterocycles. The van der Waals surface area contributed by atoms with E-state index in [2.05, 4.69) is 4.98 Å². The van der Waals surface area contributed by atoms with Gasteiger partial charge in [0.05, 0.1) is 5.52 Å². The van der Waals surface area contributed by atoms with Crippen LogP contribution in [0.1, 0.15) is 0 Å².